The van der Waals surface area contributed by atoms with Gasteiger partial charge in [-0.15, -0.1) is 5.10 Å². The second kappa shape index (κ2) is 8.29. The Kier molecular flexibility index (Phi) is 5.17. The predicted octanol–water partition coefficient (Wildman–Crippen LogP) is 5.24. The van der Waals surface area contributed by atoms with Crippen molar-refractivity contribution in [2.45, 2.75) is 52.1 Å². The molecule has 2 aromatic carbocycles. The Hall–Kier alpha value is -4.01. The van der Waals surface area contributed by atoms with Crippen LogP contribution in [0.25, 0.3) is 22.6 Å². The molecule has 6 rings (SSSR count). The highest BCUT2D eigenvalue weighted by atomic mass is 19.1. The van der Waals surface area contributed by atoms with Crippen molar-refractivity contribution < 1.29 is 9.18 Å². The van der Waals surface area contributed by atoms with Crippen LogP contribution < -0.4 is 10.6 Å². The summed E-state index contributed by atoms with van der Waals surface area (Å²) >= 11 is 0. The van der Waals surface area contributed by atoms with Gasteiger partial charge in [-0.2, -0.15) is 4.98 Å². The highest BCUT2D eigenvalue weighted by Crippen LogP contribution is 2.40. The van der Waals surface area contributed by atoms with Gasteiger partial charge >= 0.3 is 0 Å². The van der Waals surface area contributed by atoms with Crippen LogP contribution in [0.2, 0.25) is 0 Å². The molecule has 0 bridgehead atoms. The molecule has 2 aliphatic rings. The highest BCUT2D eigenvalue weighted by molar-refractivity contribution is 5.99. The van der Waals surface area contributed by atoms with Crippen molar-refractivity contribution in [3.8, 4) is 22.6 Å². The van der Waals surface area contributed by atoms with Crippen LogP contribution in [-0.2, 0) is 13.6 Å². The van der Waals surface area contributed by atoms with Gasteiger partial charge in [0.15, 0.2) is 5.82 Å². The summed E-state index contributed by atoms with van der Waals surface area (Å²) in [6.07, 6.45) is 4.30. The first kappa shape index (κ1) is 22.5. The van der Waals surface area contributed by atoms with Crippen molar-refractivity contribution >= 4 is 17.5 Å². The summed E-state index contributed by atoms with van der Waals surface area (Å²) in [5, 5.41) is 10.8. The first-order valence-electron chi connectivity index (χ1n) is 12.3. The Labute approximate surface area is 208 Å². The Morgan fingerprint density at radius 2 is 1.94 bits per heavy atom. The molecule has 36 heavy (non-hydrogen) atoms. The van der Waals surface area contributed by atoms with Crippen molar-refractivity contribution in [2.75, 3.05) is 5.32 Å². The number of aryl methyl sites for hydroxylation is 3. The van der Waals surface area contributed by atoms with Gasteiger partial charge in [0.25, 0.3) is 5.91 Å². The molecule has 0 spiro atoms. The van der Waals surface area contributed by atoms with E-state index in [0.717, 1.165) is 46.7 Å². The minimum absolute atomic E-state index is 0.0519. The Bertz CT molecular complexity index is 1510. The van der Waals surface area contributed by atoms with Crippen molar-refractivity contribution in [3.05, 3.63) is 64.9 Å². The number of carbonyl (C=O) groups excluding carboxylic acids is 1. The molecule has 8 nitrogen and oxygen atoms in total. The second-order valence-electron chi connectivity index (χ2n) is 9.71. The summed E-state index contributed by atoms with van der Waals surface area (Å²) in [5.41, 5.74) is 5.24. The number of halogens is 1. The van der Waals surface area contributed by atoms with E-state index >= 15 is 4.39 Å². The average molecular weight is 486 g/mol. The summed E-state index contributed by atoms with van der Waals surface area (Å²) in [4.78, 5) is 21.4. The van der Waals surface area contributed by atoms with Crippen molar-refractivity contribution in [3.63, 3.8) is 0 Å². The highest BCUT2D eigenvalue weighted by Gasteiger charge is 2.29. The van der Waals surface area contributed by atoms with Crippen molar-refractivity contribution in [1.29, 1.82) is 0 Å². The van der Waals surface area contributed by atoms with Gasteiger partial charge in [0, 0.05) is 42.5 Å². The number of hydrogen-bond acceptors (Lipinski definition) is 5. The molecule has 1 saturated carbocycles. The van der Waals surface area contributed by atoms with Crippen LogP contribution in [0.5, 0.6) is 0 Å². The quantitative estimate of drug-likeness (QED) is 0.390. The number of aromatic nitrogens is 5. The molecule has 2 N–H and O–H groups in total. The van der Waals surface area contributed by atoms with Gasteiger partial charge in [-0.1, -0.05) is 0 Å². The lowest BCUT2D eigenvalue weighted by Gasteiger charge is -2.09. The molecule has 0 radical (unpaired) electrons. The third-order valence-corrected chi connectivity index (χ3v) is 7.02. The van der Waals surface area contributed by atoms with Gasteiger partial charge in [-0.05, 0) is 75.1 Å². The number of imidazole rings is 1. The number of benzene rings is 2. The minimum Gasteiger partial charge on any atom is -0.345 e. The van der Waals surface area contributed by atoms with Crippen LogP contribution in [0, 0.1) is 12.7 Å². The van der Waals surface area contributed by atoms with E-state index < -0.39 is 0 Å². The number of nitrogens with zero attached hydrogens (tertiary/aromatic N) is 5. The largest absolute Gasteiger partial charge is 0.345 e. The summed E-state index contributed by atoms with van der Waals surface area (Å²) in [5.74, 6) is 1.97. The fourth-order valence-electron chi connectivity index (χ4n) is 4.92. The number of rotatable bonds is 6. The number of amides is 1. The standard InChI is InChI=1S/C27H28FN7O/c1-5-35-27(30-17-8-9-18-20(11-17)15(3)29-26(18)36)32-24(33-35)21-10-14(2)19(12-22(21)28)23-13-34(4)25(31-23)16-6-7-16/h8-13,15-16H,5-7H2,1-4H3,(H,29,36)(H,30,32,33). The normalized spacial score (nSPS) is 16.8. The van der Waals surface area contributed by atoms with Crippen LogP contribution >= 0.6 is 0 Å². The molecule has 184 valence electrons. The molecule has 1 atom stereocenters. The third kappa shape index (κ3) is 3.75. The van der Waals surface area contributed by atoms with E-state index in [1.165, 1.54) is 6.07 Å². The van der Waals surface area contributed by atoms with E-state index in [1.807, 2.05) is 50.7 Å². The molecular weight excluding hydrogens is 457 g/mol. The topological polar surface area (TPSA) is 89.7 Å². The SMILES string of the molecule is CCn1nc(-c2cc(C)c(-c3cn(C)c(C4CC4)n3)cc2F)nc1Nc1ccc2c(c1)C(C)NC2=O. The van der Waals surface area contributed by atoms with Gasteiger partial charge < -0.3 is 15.2 Å². The fourth-order valence-corrected chi connectivity index (χ4v) is 4.92. The van der Waals surface area contributed by atoms with E-state index in [0.29, 0.717) is 35.4 Å². The zero-order valence-corrected chi connectivity index (χ0v) is 20.8. The average Bonchev–Trinajstić information content (AvgIpc) is 3.41. The zero-order valence-electron chi connectivity index (χ0n) is 20.8. The number of anilines is 2. The molecular formula is C27H28FN7O. The molecule has 1 unspecified atom stereocenters. The fraction of sp³-hybridized carbons (Fsp3) is 0.333. The van der Waals surface area contributed by atoms with Gasteiger partial charge in [-0.25, -0.2) is 14.1 Å². The van der Waals surface area contributed by atoms with Crippen molar-refractivity contribution in [2.24, 2.45) is 7.05 Å². The van der Waals surface area contributed by atoms with Crippen LogP contribution in [0.4, 0.5) is 16.0 Å². The molecule has 4 aromatic rings. The molecule has 3 heterocycles. The van der Waals surface area contributed by atoms with E-state index in [1.54, 1.807) is 16.8 Å². The van der Waals surface area contributed by atoms with Crippen LogP contribution in [0.15, 0.2) is 36.5 Å². The van der Waals surface area contributed by atoms with E-state index in [-0.39, 0.29) is 17.8 Å². The molecule has 1 aliphatic heterocycles. The summed E-state index contributed by atoms with van der Waals surface area (Å²) in [6, 6.07) is 8.86. The molecule has 1 amide bonds. The number of hydrogen-bond donors (Lipinski definition) is 2. The van der Waals surface area contributed by atoms with Gasteiger partial charge in [0.05, 0.1) is 17.3 Å². The minimum atomic E-state index is -0.384. The zero-order chi connectivity index (χ0) is 25.1. The molecule has 2 aromatic heterocycles. The second-order valence-corrected chi connectivity index (χ2v) is 9.71. The number of fused-ring (bicyclic) bond motifs is 1. The Morgan fingerprint density at radius 1 is 1.14 bits per heavy atom. The smallest absolute Gasteiger partial charge is 0.252 e. The maximum Gasteiger partial charge on any atom is 0.252 e. The van der Waals surface area contributed by atoms with E-state index in [4.69, 9.17) is 4.98 Å². The summed E-state index contributed by atoms with van der Waals surface area (Å²) < 4.78 is 19.2. The lowest BCUT2D eigenvalue weighted by molar-refractivity contribution is 0.0958. The van der Waals surface area contributed by atoms with Crippen LogP contribution in [0.3, 0.4) is 0 Å². The predicted molar refractivity (Wildman–Crippen MR) is 136 cm³/mol. The molecule has 1 fully saturated rings. The van der Waals surface area contributed by atoms with Crippen LogP contribution in [-0.4, -0.2) is 30.2 Å². The Balaban J connectivity index is 1.32. The molecule has 9 heteroatoms. The molecule has 1 aliphatic carbocycles. The maximum atomic E-state index is 15.4. The third-order valence-electron chi connectivity index (χ3n) is 7.02. The summed E-state index contributed by atoms with van der Waals surface area (Å²) in [7, 11) is 2.00. The van der Waals surface area contributed by atoms with E-state index in [2.05, 4.69) is 20.7 Å². The van der Waals surface area contributed by atoms with Gasteiger partial charge in [0.1, 0.15) is 11.6 Å². The monoisotopic (exact) mass is 485 g/mol. The number of carbonyl (C=O) groups is 1. The lowest BCUT2D eigenvalue weighted by atomic mass is 10.0. The van der Waals surface area contributed by atoms with Gasteiger partial charge in [0.2, 0.25) is 5.95 Å². The van der Waals surface area contributed by atoms with Gasteiger partial charge in [-0.3, -0.25) is 4.79 Å². The number of nitrogens with one attached hydrogen (secondary N) is 2. The Morgan fingerprint density at radius 3 is 2.69 bits per heavy atom. The first-order chi connectivity index (χ1) is 17.3. The van der Waals surface area contributed by atoms with Crippen molar-refractivity contribution in [1.82, 2.24) is 29.6 Å². The maximum absolute atomic E-state index is 15.4. The summed E-state index contributed by atoms with van der Waals surface area (Å²) in [6.45, 7) is 6.43. The van der Waals surface area contributed by atoms with Crippen LogP contribution in [0.1, 0.15) is 66.0 Å². The van der Waals surface area contributed by atoms with E-state index in [9.17, 15) is 4.79 Å². The first-order valence-corrected chi connectivity index (χ1v) is 12.3. The molecule has 0 saturated heterocycles. The lowest BCUT2D eigenvalue weighted by Crippen LogP contribution is -2.16.